The monoisotopic (exact) mass is 1500 g/mol. The van der Waals surface area contributed by atoms with Crippen molar-refractivity contribution in [2.75, 3.05) is 0 Å². The summed E-state index contributed by atoms with van der Waals surface area (Å²) in [4.78, 5) is 4.92. The second-order valence-corrected chi connectivity index (χ2v) is 30.7. The molecular formula is C92H68N4O2PtSi-2. The van der Waals surface area contributed by atoms with Crippen LogP contribution in [-0.2, 0) is 31.9 Å². The SMILES string of the molecule is [2H]c1c([2H])c([2H])c([Si](c2ccc3c(c2)-c2cccc(-c4ccc(C(C)(C)C)cc4)c2-[n+]2[c-]n(-c4[c-]c(Oc5[c-]c6c(cc5)c5ccccc5n6-c5cc(C(C)(C)C)ccn5)ccc4)c4cc(-c5ccc6oc7ccccc7c6c5)cc(c42)-c2ccccc2-3)(c2c([2H])c([2H])c([2H])c([2H])c2[2H])c2c([2H])c([2H])c([2H])c([2H])c2[2H])c([2H])c1[2H].[Pt]. The number of fused-ring (bicyclic) bond motifs is 13. The first-order valence-electron chi connectivity index (χ1n) is 40.3. The molecule has 13 aromatic carbocycles. The Morgan fingerprint density at radius 3 is 1.77 bits per heavy atom. The molecule has 5 heterocycles. The van der Waals surface area contributed by atoms with Crippen LogP contribution < -0.4 is 30.1 Å². The molecule has 0 spiro atoms. The number of nitrogens with zero attached hydrogens (tertiary/aromatic N) is 4. The summed E-state index contributed by atoms with van der Waals surface area (Å²) in [6.07, 6.45) is 5.76. The molecule has 0 fully saturated rings. The second kappa shape index (κ2) is 24.3. The van der Waals surface area contributed by atoms with Crippen molar-refractivity contribution in [2.45, 2.75) is 52.4 Å². The number of para-hydroxylation sites is 3. The topological polar surface area (TPSA) is 49.0 Å². The first kappa shape index (κ1) is 47.7. The molecule has 6 nitrogen and oxygen atoms in total. The van der Waals surface area contributed by atoms with Crippen LogP contribution in [0.3, 0.4) is 0 Å². The van der Waals surface area contributed by atoms with E-state index in [1.165, 1.54) is 0 Å². The number of hydrogen-bond donors (Lipinski definition) is 0. The number of aromatic nitrogens is 4. The molecule has 0 unspecified atom stereocenters. The van der Waals surface area contributed by atoms with Gasteiger partial charge in [-0.15, -0.1) is 29.7 Å². The van der Waals surface area contributed by atoms with Crippen molar-refractivity contribution in [2.24, 2.45) is 0 Å². The van der Waals surface area contributed by atoms with Crippen molar-refractivity contribution in [1.82, 2.24) is 14.1 Å². The van der Waals surface area contributed by atoms with E-state index in [0.717, 1.165) is 77.4 Å². The standard InChI is InChI=1S/C92H68N4O2Si.Pt/c1-91(2,3)63-43-40-60(41-44-63)72-36-23-37-79-80-58-71(99(68-26-10-7-11-27-68,69-28-12-8-13-29-69)70-30-14-9-15-31-70)46-48-75(80)73-32-16-17-33-74(73)82-53-62(61-42-49-87-81(52-61)78-35-19-21-39-86(78)98-87)54-85-90(82)95(89(72)79)59-94(85)65-24-22-25-66(56-65)97-67-45-47-77-76-34-18-20-38-83(76)96(84(77)57-67)88-55-64(50-51-93-88)92(4,5)6;/h7-55,58H,1-6H3;/q-2;/i7D,8D,9D,10D,11D,12D,13D,14D,15D,26D,27D,28D,29D,30D,31D;. The predicted octanol–water partition coefficient (Wildman–Crippen LogP) is 20.1. The minimum atomic E-state index is -5.69. The minimum absolute atomic E-state index is 0. The maximum atomic E-state index is 10.1. The maximum absolute atomic E-state index is 10.1. The molecule has 484 valence electrons. The summed E-state index contributed by atoms with van der Waals surface area (Å²) in [5.74, 6) is 1.50. The van der Waals surface area contributed by atoms with E-state index in [1.54, 1.807) is 18.2 Å². The third-order valence-electron chi connectivity index (χ3n) is 19.3. The number of ether oxygens (including phenoxy) is 1. The van der Waals surface area contributed by atoms with Crippen molar-refractivity contribution in [1.29, 1.82) is 0 Å². The summed E-state index contributed by atoms with van der Waals surface area (Å²) in [7, 11) is -5.69. The minimum Gasteiger partial charge on any atom is -0.510 e. The third kappa shape index (κ3) is 10.3. The number of rotatable bonds is 10. The molecular weight excluding hydrogens is 1420 g/mol. The first-order chi connectivity index (χ1) is 54.5. The molecule has 0 radical (unpaired) electrons. The van der Waals surface area contributed by atoms with Crippen molar-refractivity contribution >= 4 is 83.6 Å². The molecule has 0 atom stereocenters. The van der Waals surface area contributed by atoms with E-state index in [-0.39, 0.29) is 37.1 Å². The molecule has 0 saturated carbocycles. The number of benzene rings is 13. The molecule has 4 aromatic heterocycles. The van der Waals surface area contributed by atoms with Crippen LogP contribution in [0, 0.1) is 18.5 Å². The molecule has 17 aromatic rings. The molecule has 18 rings (SSSR count). The fourth-order valence-corrected chi connectivity index (χ4v) is 18.3. The Labute approximate surface area is 619 Å². The van der Waals surface area contributed by atoms with Crippen molar-refractivity contribution in [3.05, 3.63) is 333 Å². The Morgan fingerprint density at radius 2 is 1.05 bits per heavy atom. The van der Waals surface area contributed by atoms with Crippen LogP contribution in [-0.4, -0.2) is 22.2 Å². The van der Waals surface area contributed by atoms with E-state index < -0.39 is 114 Å². The van der Waals surface area contributed by atoms with Gasteiger partial charge in [0.05, 0.1) is 37.3 Å². The molecule has 0 N–H and O–H groups in total. The predicted molar refractivity (Wildman–Crippen MR) is 409 cm³/mol. The van der Waals surface area contributed by atoms with Crippen molar-refractivity contribution in [3.63, 3.8) is 0 Å². The van der Waals surface area contributed by atoms with Crippen LogP contribution in [0.15, 0.2) is 308 Å². The quantitative estimate of drug-likeness (QED) is 0.0593. The van der Waals surface area contributed by atoms with Gasteiger partial charge < -0.3 is 18.3 Å². The number of hydrogen-bond acceptors (Lipinski definition) is 3. The van der Waals surface area contributed by atoms with E-state index in [1.807, 2.05) is 143 Å². The van der Waals surface area contributed by atoms with E-state index >= 15 is 0 Å². The molecule has 0 bridgehead atoms. The van der Waals surface area contributed by atoms with Gasteiger partial charge in [0.25, 0.3) is 6.33 Å². The van der Waals surface area contributed by atoms with Gasteiger partial charge in [-0.2, -0.15) is 18.2 Å². The van der Waals surface area contributed by atoms with E-state index in [9.17, 15) is 16.4 Å². The average Bonchev–Trinajstić information content (AvgIpc) is 1.42. The zero-order chi connectivity index (χ0) is 79.8. The molecule has 0 saturated heterocycles. The van der Waals surface area contributed by atoms with Crippen LogP contribution >= 0.6 is 0 Å². The van der Waals surface area contributed by atoms with Gasteiger partial charge in [-0.1, -0.05) is 271 Å². The Balaban J connectivity index is 0.00000953. The number of pyridine rings is 1. The Kier molecular flexibility index (Phi) is 11.6. The van der Waals surface area contributed by atoms with E-state index in [0.29, 0.717) is 72.9 Å². The Morgan fingerprint density at radius 1 is 0.440 bits per heavy atom. The molecule has 0 aliphatic carbocycles. The molecule has 1 aliphatic heterocycles. The smallest absolute Gasteiger partial charge is 0.268 e. The van der Waals surface area contributed by atoms with Gasteiger partial charge in [-0.25, -0.2) is 4.98 Å². The number of imidazole rings is 1. The molecule has 8 heteroatoms. The van der Waals surface area contributed by atoms with Gasteiger partial charge in [-0.05, 0) is 152 Å². The van der Waals surface area contributed by atoms with Crippen molar-refractivity contribution in [3.8, 4) is 84.3 Å². The molecule has 100 heavy (non-hydrogen) atoms. The average molecular weight is 1500 g/mol. The van der Waals surface area contributed by atoms with Crippen LogP contribution in [0.2, 0.25) is 0 Å². The number of furan rings is 1. The zero-order valence-electron chi connectivity index (χ0n) is 70.1. The summed E-state index contributed by atoms with van der Waals surface area (Å²) in [6, 6.07) is 61.9. The van der Waals surface area contributed by atoms with Gasteiger partial charge in [-0.3, -0.25) is 4.57 Å². The summed E-state index contributed by atoms with van der Waals surface area (Å²) < 4.78 is 163. The van der Waals surface area contributed by atoms with Crippen LogP contribution in [0.4, 0.5) is 0 Å². The molecule has 0 amide bonds. The second-order valence-electron chi connectivity index (χ2n) is 27.1. The van der Waals surface area contributed by atoms with Gasteiger partial charge >= 0.3 is 0 Å². The fourth-order valence-electron chi connectivity index (χ4n) is 14.5. The summed E-state index contributed by atoms with van der Waals surface area (Å²) in [5.41, 5.74) is 14.0. The van der Waals surface area contributed by atoms with Crippen LogP contribution in [0.5, 0.6) is 11.5 Å². The molecule has 1 aliphatic rings. The third-order valence-corrected chi connectivity index (χ3v) is 23.4. The van der Waals surface area contributed by atoms with Gasteiger partial charge in [0, 0.05) is 55.1 Å². The van der Waals surface area contributed by atoms with Crippen LogP contribution in [0.1, 0.15) is 73.2 Å². The first-order valence-corrected chi connectivity index (χ1v) is 34.8. The zero-order valence-corrected chi connectivity index (χ0v) is 58.4. The van der Waals surface area contributed by atoms with E-state index in [4.69, 9.17) is 18.3 Å². The van der Waals surface area contributed by atoms with E-state index in [2.05, 4.69) is 125 Å². The fraction of sp³-hybridized carbons (Fsp3) is 0.0870. The summed E-state index contributed by atoms with van der Waals surface area (Å²) >= 11 is 0. The van der Waals surface area contributed by atoms with Crippen LogP contribution in [0.25, 0.3) is 128 Å². The van der Waals surface area contributed by atoms with Gasteiger partial charge in [0.1, 0.15) is 17.0 Å². The Hall–Kier alpha value is -11.2. The van der Waals surface area contributed by atoms with Gasteiger partial charge in [0.2, 0.25) is 0 Å². The largest absolute Gasteiger partial charge is 0.510 e. The Bertz CT molecular complexity index is 6770. The maximum Gasteiger partial charge on any atom is 0.268 e. The summed E-state index contributed by atoms with van der Waals surface area (Å²) in [6.45, 7) is 13.0. The van der Waals surface area contributed by atoms with Gasteiger partial charge in [0.15, 0.2) is 8.07 Å². The normalized spacial score (nSPS) is 14.3. The summed E-state index contributed by atoms with van der Waals surface area (Å²) in [5, 5.41) is 1.96. The van der Waals surface area contributed by atoms with Crippen molar-refractivity contribution < 1.29 is 55.3 Å².